The lowest BCUT2D eigenvalue weighted by Crippen LogP contribution is -2.19. The summed E-state index contributed by atoms with van der Waals surface area (Å²) in [5, 5.41) is 6.93. The van der Waals surface area contributed by atoms with Crippen molar-refractivity contribution in [2.45, 2.75) is 26.2 Å². The van der Waals surface area contributed by atoms with E-state index in [1.807, 2.05) is 59.1 Å². The van der Waals surface area contributed by atoms with E-state index in [2.05, 4.69) is 20.4 Å². The highest BCUT2D eigenvalue weighted by Gasteiger charge is 2.22. The summed E-state index contributed by atoms with van der Waals surface area (Å²) in [5.41, 5.74) is 1.81. The summed E-state index contributed by atoms with van der Waals surface area (Å²) in [6.07, 6.45) is 1.66. The number of anilines is 2. The van der Waals surface area contributed by atoms with Gasteiger partial charge in [-0.3, -0.25) is 4.79 Å². The summed E-state index contributed by atoms with van der Waals surface area (Å²) in [4.78, 5) is 23.1. The fourth-order valence-electron chi connectivity index (χ4n) is 2.48. The molecule has 0 aliphatic heterocycles. The Morgan fingerprint density at radius 1 is 1.11 bits per heavy atom. The van der Waals surface area contributed by atoms with Crippen LogP contribution in [-0.4, -0.2) is 35.1 Å². The summed E-state index contributed by atoms with van der Waals surface area (Å²) in [6.45, 7) is 6.05. The predicted molar refractivity (Wildman–Crippen MR) is 105 cm³/mol. The van der Waals surface area contributed by atoms with Crippen molar-refractivity contribution < 1.29 is 9.32 Å². The highest BCUT2D eigenvalue weighted by atomic mass is 16.5. The molecule has 1 N–H and O–H groups in total. The number of benzene rings is 1. The lowest BCUT2D eigenvalue weighted by Gasteiger charge is -2.15. The van der Waals surface area contributed by atoms with E-state index in [4.69, 9.17) is 4.52 Å². The maximum Gasteiger partial charge on any atom is 0.259 e. The molecule has 0 aliphatic rings. The molecule has 140 valence electrons. The SMILES string of the molecule is CN(C)c1ncccc1C(=O)Nc1ccc(-c2noc(C(C)(C)C)n2)cc1. The Morgan fingerprint density at radius 2 is 1.81 bits per heavy atom. The molecule has 0 unspecified atom stereocenters. The summed E-state index contributed by atoms with van der Waals surface area (Å²) in [5.74, 6) is 1.52. The number of aromatic nitrogens is 3. The molecule has 3 aromatic rings. The van der Waals surface area contributed by atoms with Gasteiger partial charge in [-0.2, -0.15) is 4.98 Å². The Balaban J connectivity index is 1.77. The number of hydrogen-bond donors (Lipinski definition) is 1. The molecule has 3 rings (SSSR count). The van der Waals surface area contributed by atoms with E-state index < -0.39 is 0 Å². The van der Waals surface area contributed by atoms with Gasteiger partial charge in [0.15, 0.2) is 0 Å². The molecule has 0 saturated carbocycles. The van der Waals surface area contributed by atoms with Gasteiger partial charge in [0.25, 0.3) is 5.91 Å². The molecule has 7 nitrogen and oxygen atoms in total. The molecule has 0 saturated heterocycles. The molecule has 0 fully saturated rings. The quantitative estimate of drug-likeness (QED) is 0.758. The summed E-state index contributed by atoms with van der Waals surface area (Å²) >= 11 is 0. The van der Waals surface area contributed by atoms with E-state index in [0.29, 0.717) is 28.8 Å². The maximum absolute atomic E-state index is 12.6. The molecule has 1 aromatic carbocycles. The van der Waals surface area contributed by atoms with Crippen molar-refractivity contribution in [3.8, 4) is 11.4 Å². The molecular weight excluding hydrogens is 342 g/mol. The van der Waals surface area contributed by atoms with Crippen molar-refractivity contribution in [1.29, 1.82) is 0 Å². The fraction of sp³-hybridized carbons (Fsp3) is 0.300. The third-order valence-corrected chi connectivity index (χ3v) is 3.92. The van der Waals surface area contributed by atoms with Crippen LogP contribution in [0.1, 0.15) is 37.0 Å². The summed E-state index contributed by atoms with van der Waals surface area (Å²) < 4.78 is 5.33. The van der Waals surface area contributed by atoms with Gasteiger partial charge in [0.1, 0.15) is 5.82 Å². The van der Waals surface area contributed by atoms with Crippen LogP contribution in [0, 0.1) is 0 Å². The molecule has 0 atom stereocenters. The molecule has 2 heterocycles. The van der Waals surface area contributed by atoms with Crippen LogP contribution in [0.25, 0.3) is 11.4 Å². The zero-order valence-electron chi connectivity index (χ0n) is 16.1. The second-order valence-corrected chi connectivity index (χ2v) is 7.47. The van der Waals surface area contributed by atoms with Crippen LogP contribution in [0.4, 0.5) is 11.5 Å². The van der Waals surface area contributed by atoms with Gasteiger partial charge in [-0.25, -0.2) is 4.98 Å². The van der Waals surface area contributed by atoms with Gasteiger partial charge in [-0.1, -0.05) is 25.9 Å². The van der Waals surface area contributed by atoms with Crippen LogP contribution < -0.4 is 10.2 Å². The third kappa shape index (κ3) is 4.13. The minimum absolute atomic E-state index is 0.201. The molecule has 0 spiro atoms. The van der Waals surface area contributed by atoms with Crippen molar-refractivity contribution in [3.05, 3.63) is 54.0 Å². The molecule has 0 radical (unpaired) electrons. The minimum atomic E-state index is -0.214. The van der Waals surface area contributed by atoms with Crippen LogP contribution in [0.2, 0.25) is 0 Å². The first-order valence-corrected chi connectivity index (χ1v) is 8.64. The van der Waals surface area contributed by atoms with E-state index in [1.54, 1.807) is 23.2 Å². The monoisotopic (exact) mass is 365 g/mol. The zero-order chi connectivity index (χ0) is 19.6. The van der Waals surface area contributed by atoms with Gasteiger partial charge in [0.05, 0.1) is 5.56 Å². The molecular formula is C20H23N5O2. The van der Waals surface area contributed by atoms with Crippen LogP contribution in [0.3, 0.4) is 0 Å². The Bertz CT molecular complexity index is 940. The number of nitrogens with zero attached hydrogens (tertiary/aromatic N) is 4. The van der Waals surface area contributed by atoms with Gasteiger partial charge in [0, 0.05) is 37.0 Å². The van der Waals surface area contributed by atoms with Gasteiger partial charge in [-0.15, -0.1) is 0 Å². The largest absolute Gasteiger partial charge is 0.362 e. The number of hydrogen-bond acceptors (Lipinski definition) is 6. The predicted octanol–water partition coefficient (Wildman–Crippen LogP) is 3.75. The lowest BCUT2D eigenvalue weighted by atomic mass is 9.97. The molecule has 0 aliphatic carbocycles. The van der Waals surface area contributed by atoms with Crippen LogP contribution in [0.15, 0.2) is 47.1 Å². The molecule has 0 bridgehead atoms. The van der Waals surface area contributed by atoms with E-state index in [9.17, 15) is 4.79 Å². The number of pyridine rings is 1. The number of amides is 1. The standard InChI is InChI=1S/C20H23N5O2/c1-20(2,3)19-23-16(24-27-19)13-8-10-14(11-9-13)22-18(26)15-7-6-12-21-17(15)25(4)5/h6-12H,1-5H3,(H,22,26). The van der Waals surface area contributed by atoms with Crippen LogP contribution in [0.5, 0.6) is 0 Å². The number of carbonyl (C=O) groups excluding carboxylic acids is 1. The van der Waals surface area contributed by atoms with E-state index >= 15 is 0 Å². The van der Waals surface area contributed by atoms with Crippen molar-refractivity contribution in [3.63, 3.8) is 0 Å². The second-order valence-electron chi connectivity index (χ2n) is 7.47. The van der Waals surface area contributed by atoms with Crippen molar-refractivity contribution in [1.82, 2.24) is 15.1 Å². The first-order chi connectivity index (χ1) is 12.8. The number of carbonyl (C=O) groups is 1. The van der Waals surface area contributed by atoms with Crippen molar-refractivity contribution >= 4 is 17.4 Å². The Hall–Kier alpha value is -3.22. The molecule has 27 heavy (non-hydrogen) atoms. The summed E-state index contributed by atoms with van der Waals surface area (Å²) in [6, 6.07) is 10.8. The Morgan fingerprint density at radius 3 is 2.41 bits per heavy atom. The normalized spacial score (nSPS) is 11.3. The Labute approximate surface area is 158 Å². The topological polar surface area (TPSA) is 84.2 Å². The van der Waals surface area contributed by atoms with Gasteiger partial charge >= 0.3 is 0 Å². The van der Waals surface area contributed by atoms with Gasteiger partial charge in [0.2, 0.25) is 11.7 Å². The van der Waals surface area contributed by atoms with Crippen molar-refractivity contribution in [2.24, 2.45) is 0 Å². The molecule has 1 amide bonds. The van der Waals surface area contributed by atoms with Crippen LogP contribution in [-0.2, 0) is 5.41 Å². The molecule has 7 heteroatoms. The smallest absolute Gasteiger partial charge is 0.259 e. The van der Waals surface area contributed by atoms with Gasteiger partial charge < -0.3 is 14.7 Å². The number of rotatable bonds is 4. The highest BCUT2D eigenvalue weighted by Crippen LogP contribution is 2.25. The van der Waals surface area contributed by atoms with Crippen molar-refractivity contribution in [2.75, 3.05) is 24.3 Å². The van der Waals surface area contributed by atoms with E-state index in [0.717, 1.165) is 5.56 Å². The van der Waals surface area contributed by atoms with E-state index in [-0.39, 0.29) is 11.3 Å². The second kappa shape index (κ2) is 7.19. The average Bonchev–Trinajstić information content (AvgIpc) is 3.13. The first kappa shape index (κ1) is 18.6. The zero-order valence-corrected chi connectivity index (χ0v) is 16.1. The average molecular weight is 365 g/mol. The van der Waals surface area contributed by atoms with Gasteiger partial charge in [-0.05, 0) is 36.4 Å². The fourth-order valence-corrected chi connectivity index (χ4v) is 2.48. The summed E-state index contributed by atoms with van der Waals surface area (Å²) in [7, 11) is 3.70. The molecule has 2 aromatic heterocycles. The lowest BCUT2D eigenvalue weighted by molar-refractivity contribution is 0.102. The highest BCUT2D eigenvalue weighted by molar-refractivity contribution is 6.07. The minimum Gasteiger partial charge on any atom is -0.362 e. The third-order valence-electron chi connectivity index (χ3n) is 3.92. The first-order valence-electron chi connectivity index (χ1n) is 8.64. The number of nitrogens with one attached hydrogen (secondary N) is 1. The van der Waals surface area contributed by atoms with Crippen LogP contribution >= 0.6 is 0 Å². The van der Waals surface area contributed by atoms with E-state index in [1.165, 1.54) is 0 Å². The maximum atomic E-state index is 12.6. The Kier molecular flexibility index (Phi) is 4.94.